The smallest absolute Gasteiger partial charge is 0.418 e. The number of hydrogen-bond acceptors (Lipinski definition) is 4. The quantitative estimate of drug-likeness (QED) is 0.0747. The van der Waals surface area contributed by atoms with Gasteiger partial charge in [-0.15, -0.1) is 15.8 Å². The standard InChI is InChI=1S/C18H40O4P2.2BF4/c1-5-19-9-13-23(14-10-20-6-2)17-18-24(15-11-21-7-3)16-12-22-8-4;2*2-1(3,4)5/h5-18H2,1-4H3;;/q;2*-1/p+2. The van der Waals surface area contributed by atoms with Crippen molar-refractivity contribution in [2.75, 3.05) is 89.8 Å². The molecule has 0 N–H and O–H groups in total. The molecule has 0 aliphatic carbocycles. The van der Waals surface area contributed by atoms with Gasteiger partial charge in [0.25, 0.3) is 0 Å². The second-order valence-electron chi connectivity index (χ2n) is 6.46. The minimum Gasteiger partial charge on any atom is -0.418 e. The molecule has 0 aromatic rings. The van der Waals surface area contributed by atoms with E-state index in [1.54, 1.807) is 0 Å². The van der Waals surface area contributed by atoms with Gasteiger partial charge in [0, 0.05) is 26.4 Å². The molecule has 0 heterocycles. The lowest BCUT2D eigenvalue weighted by molar-refractivity contribution is 0.160. The Balaban J connectivity index is -0.000000225. The van der Waals surface area contributed by atoms with Gasteiger partial charge >= 0.3 is 17.4 Å². The summed E-state index contributed by atoms with van der Waals surface area (Å²) in [6.07, 6.45) is 7.57. The minimum absolute atomic E-state index is 0. The maximum Gasteiger partial charge on any atom is 1.00 e. The molecule has 0 radical (unpaired) electrons. The first-order chi connectivity index (χ1) is 15.8. The van der Waals surface area contributed by atoms with E-state index in [-0.39, 0.29) is 18.7 Å². The zero-order valence-electron chi connectivity index (χ0n) is 22.6. The zero-order valence-corrected chi connectivity index (χ0v) is 22.4. The van der Waals surface area contributed by atoms with Crippen LogP contribution in [0.4, 0.5) is 34.5 Å². The van der Waals surface area contributed by atoms with Gasteiger partial charge in [-0.05, 0) is 64.7 Å². The van der Waals surface area contributed by atoms with Crippen LogP contribution in [0.3, 0.4) is 0 Å². The predicted octanol–water partition coefficient (Wildman–Crippen LogP) is 6.92. The van der Waals surface area contributed by atoms with E-state index in [4.69, 9.17) is 18.9 Å². The van der Waals surface area contributed by atoms with Crippen LogP contribution in [-0.4, -0.2) is 104 Å². The molecule has 34 heavy (non-hydrogen) atoms. The Labute approximate surface area is 204 Å². The van der Waals surface area contributed by atoms with E-state index in [9.17, 15) is 34.5 Å². The molecule has 0 fully saturated rings. The maximum absolute atomic E-state index is 9.75. The summed E-state index contributed by atoms with van der Waals surface area (Å²) in [5.74, 6) is 0. The summed E-state index contributed by atoms with van der Waals surface area (Å²) in [6, 6.07) is 0. The van der Waals surface area contributed by atoms with Gasteiger partial charge in [0.1, 0.15) is 0 Å². The molecule has 0 aliphatic rings. The number of ether oxygens (including phenoxy) is 4. The Hall–Kier alpha value is 0.270. The molecule has 0 amide bonds. The van der Waals surface area contributed by atoms with Crippen LogP contribution in [0.1, 0.15) is 30.5 Å². The van der Waals surface area contributed by atoms with Crippen LogP contribution < -0.4 is 0 Å². The molecule has 4 nitrogen and oxygen atoms in total. The van der Waals surface area contributed by atoms with Gasteiger partial charge in [-0.3, -0.25) is 0 Å². The third-order valence-electron chi connectivity index (χ3n) is 3.76. The van der Waals surface area contributed by atoms with Gasteiger partial charge < -0.3 is 53.5 Å². The summed E-state index contributed by atoms with van der Waals surface area (Å²) in [4.78, 5) is 0. The molecule has 0 rings (SSSR count). The first-order valence-electron chi connectivity index (χ1n) is 11.3. The highest BCUT2D eigenvalue weighted by Gasteiger charge is 2.21. The van der Waals surface area contributed by atoms with Crippen LogP contribution in [0.2, 0.25) is 0 Å². The van der Waals surface area contributed by atoms with E-state index < -0.39 is 14.5 Å². The lowest BCUT2D eigenvalue weighted by Gasteiger charge is -2.22. The predicted molar refractivity (Wildman–Crippen MR) is 132 cm³/mol. The molecule has 0 aromatic carbocycles. The van der Waals surface area contributed by atoms with Gasteiger partial charge in [0.2, 0.25) is 0 Å². The molecule has 0 spiro atoms. The van der Waals surface area contributed by atoms with Crippen LogP contribution in [0.25, 0.3) is 0 Å². The van der Waals surface area contributed by atoms with Crippen LogP contribution in [-0.2, 0) is 18.9 Å². The molecule has 0 aromatic heterocycles. The molecule has 0 saturated heterocycles. The fourth-order valence-corrected chi connectivity index (χ4v) is 7.46. The van der Waals surface area contributed by atoms with Crippen molar-refractivity contribution in [2.45, 2.75) is 27.7 Å². The number of hydrogen-bond donors (Lipinski definition) is 0. The first-order valence-corrected chi connectivity index (χ1v) is 15.1. The lowest BCUT2D eigenvalue weighted by Crippen LogP contribution is -2.11. The normalized spacial score (nSPS) is 11.8. The van der Waals surface area contributed by atoms with Crippen LogP contribution in [0.15, 0.2) is 0 Å². The molecule has 210 valence electrons. The summed E-state index contributed by atoms with van der Waals surface area (Å²) >= 11 is 0. The van der Waals surface area contributed by atoms with Gasteiger partial charge in [-0.2, -0.15) is 0 Å². The van der Waals surface area contributed by atoms with E-state index >= 15 is 0 Å². The van der Waals surface area contributed by atoms with Gasteiger partial charge in [-0.1, -0.05) is 0 Å². The van der Waals surface area contributed by atoms with Gasteiger partial charge in [-0.25, -0.2) is 0 Å². The third-order valence-corrected chi connectivity index (χ3v) is 9.08. The van der Waals surface area contributed by atoms with Crippen molar-refractivity contribution in [3.8, 4) is 0 Å². The molecule has 0 aliphatic heterocycles. The molecular weight excluding hydrogens is 516 g/mol. The van der Waals surface area contributed by atoms with Crippen molar-refractivity contribution < 1.29 is 56.3 Å². The summed E-state index contributed by atoms with van der Waals surface area (Å²) in [7, 11) is -11.9. The first kappa shape index (κ1) is 38.8. The highest BCUT2D eigenvalue weighted by Crippen LogP contribution is 2.42. The van der Waals surface area contributed by atoms with E-state index in [1.165, 1.54) is 37.0 Å². The Morgan fingerprint density at radius 1 is 0.441 bits per heavy atom. The fraction of sp³-hybridized carbons (Fsp3) is 1.00. The Kier molecular flexibility index (Phi) is 30.0. The number of rotatable bonds is 19. The largest absolute Gasteiger partial charge is 1.00 e. The minimum atomic E-state index is -6.00. The lowest BCUT2D eigenvalue weighted by atomic mass is 10.3. The molecule has 0 bridgehead atoms. The van der Waals surface area contributed by atoms with E-state index in [1.807, 2.05) is 0 Å². The molecule has 0 atom stereocenters. The number of halogens is 8. The van der Waals surface area contributed by atoms with Crippen molar-refractivity contribution >= 4 is 30.4 Å². The highest BCUT2D eigenvalue weighted by molar-refractivity contribution is 7.61. The Morgan fingerprint density at radius 2 is 0.618 bits per heavy atom. The van der Waals surface area contributed by atoms with Crippen molar-refractivity contribution in [3.63, 3.8) is 0 Å². The van der Waals surface area contributed by atoms with Crippen molar-refractivity contribution in [3.05, 3.63) is 0 Å². The Bertz CT molecular complexity index is 358. The topological polar surface area (TPSA) is 36.9 Å². The highest BCUT2D eigenvalue weighted by atomic mass is 31.1. The summed E-state index contributed by atoms with van der Waals surface area (Å²) in [5.41, 5.74) is 0. The fourth-order valence-electron chi connectivity index (χ4n) is 2.31. The van der Waals surface area contributed by atoms with E-state index in [0.717, 1.165) is 52.9 Å². The maximum atomic E-state index is 9.75. The molecular formula is C18H42B2F8O4P2. The third kappa shape index (κ3) is 49.4. The second-order valence-corrected chi connectivity index (χ2v) is 11.8. The molecule has 0 saturated carbocycles. The van der Waals surface area contributed by atoms with Crippen LogP contribution in [0, 0.1) is 0 Å². The molecule has 0 unspecified atom stereocenters. The monoisotopic (exact) mass is 558 g/mol. The van der Waals surface area contributed by atoms with Gasteiger partial charge in [0.15, 0.2) is 0 Å². The van der Waals surface area contributed by atoms with Crippen LogP contribution >= 0.6 is 15.8 Å². The zero-order chi connectivity index (χ0) is 26.9. The SMILES string of the molecule is CCOCCP(CCOCC)CCP(CCOCC)CCOCC.F[B-](F)(F)F.F[B-](F)(F)F.[H+].[H+]. The summed E-state index contributed by atoms with van der Waals surface area (Å²) in [5, 5.41) is 0. The van der Waals surface area contributed by atoms with Gasteiger partial charge in [0.05, 0.1) is 26.4 Å². The second kappa shape index (κ2) is 26.3. The van der Waals surface area contributed by atoms with Crippen molar-refractivity contribution in [1.82, 2.24) is 0 Å². The van der Waals surface area contributed by atoms with Crippen LogP contribution in [0.5, 0.6) is 0 Å². The summed E-state index contributed by atoms with van der Waals surface area (Å²) in [6.45, 7) is 15.2. The Morgan fingerprint density at radius 3 is 0.765 bits per heavy atom. The average Bonchev–Trinajstić information content (AvgIpc) is 2.69. The molecule has 16 heteroatoms. The van der Waals surface area contributed by atoms with Crippen molar-refractivity contribution in [2.24, 2.45) is 0 Å². The van der Waals surface area contributed by atoms with E-state index in [2.05, 4.69) is 27.7 Å². The van der Waals surface area contributed by atoms with E-state index in [0.29, 0.717) is 0 Å². The summed E-state index contributed by atoms with van der Waals surface area (Å²) < 4.78 is 100. The van der Waals surface area contributed by atoms with Crippen molar-refractivity contribution in [1.29, 1.82) is 0 Å². The average molecular weight is 558 g/mol.